The summed E-state index contributed by atoms with van der Waals surface area (Å²) in [6.45, 7) is 1.59. The first kappa shape index (κ1) is 20.1. The Balaban J connectivity index is 1.71. The van der Waals surface area contributed by atoms with Crippen LogP contribution < -0.4 is 4.31 Å². The number of halogens is 1. The lowest BCUT2D eigenvalue weighted by atomic mass is 10.1. The van der Waals surface area contributed by atoms with Crippen molar-refractivity contribution in [2.24, 2.45) is 0 Å². The number of fused-ring (bicyclic) bond motifs is 2. The summed E-state index contributed by atoms with van der Waals surface area (Å²) >= 11 is 0. The molecule has 0 spiro atoms. The van der Waals surface area contributed by atoms with E-state index in [1.165, 1.54) is 18.2 Å². The number of sulfonamides is 1. The van der Waals surface area contributed by atoms with Crippen molar-refractivity contribution in [2.75, 3.05) is 4.31 Å². The minimum atomic E-state index is -4.35. The van der Waals surface area contributed by atoms with Crippen LogP contribution in [-0.2, 0) is 10.0 Å². The maximum absolute atomic E-state index is 14.6. The van der Waals surface area contributed by atoms with Gasteiger partial charge in [0.1, 0.15) is 10.7 Å². The second-order valence-electron chi connectivity index (χ2n) is 7.53. The van der Waals surface area contributed by atoms with E-state index in [-0.39, 0.29) is 28.1 Å². The number of carbonyl (C=O) groups excluding carboxylic acids is 2. The first-order valence-electron chi connectivity index (χ1n) is 9.90. The van der Waals surface area contributed by atoms with E-state index in [0.717, 1.165) is 15.3 Å². The Morgan fingerprint density at radius 1 is 0.812 bits per heavy atom. The molecule has 160 valence electrons. The number of hydrogen-bond acceptors (Lipinski definition) is 4. The molecule has 1 atom stereocenters. The number of carbonyl (C=O) groups is 2. The molecule has 0 radical (unpaired) electrons. The number of benzene rings is 3. The Morgan fingerprint density at radius 2 is 1.41 bits per heavy atom. The van der Waals surface area contributed by atoms with Crippen LogP contribution in [0.25, 0.3) is 6.08 Å². The summed E-state index contributed by atoms with van der Waals surface area (Å²) < 4.78 is 42.8. The summed E-state index contributed by atoms with van der Waals surface area (Å²) in [5.74, 6) is -1.88. The molecule has 0 unspecified atom stereocenters. The molecule has 2 aliphatic rings. The standard InChI is InChI=1S/C24H17FN2O4S/c1-15(26-23(28)18-11-5-6-12-19(18)24(26)29)21-14-16-8-7-13-20(25)22(16)32(30,31)27(21)17-9-3-2-4-10-17/h2-15H,1H3/t15-/m0/s1. The summed E-state index contributed by atoms with van der Waals surface area (Å²) in [5.41, 5.74) is 1.14. The van der Waals surface area contributed by atoms with Crippen LogP contribution in [0, 0.1) is 5.82 Å². The Morgan fingerprint density at radius 3 is 2.03 bits per heavy atom. The minimum Gasteiger partial charge on any atom is -0.269 e. The van der Waals surface area contributed by atoms with Crippen LogP contribution in [0.5, 0.6) is 0 Å². The fourth-order valence-corrected chi connectivity index (χ4v) is 6.00. The van der Waals surface area contributed by atoms with Crippen molar-refractivity contribution in [1.82, 2.24) is 4.90 Å². The highest BCUT2D eigenvalue weighted by Crippen LogP contribution is 2.40. The lowest BCUT2D eigenvalue weighted by Crippen LogP contribution is -2.46. The van der Waals surface area contributed by atoms with E-state index in [2.05, 4.69) is 0 Å². The fourth-order valence-electron chi connectivity index (χ4n) is 4.19. The van der Waals surface area contributed by atoms with Crippen molar-refractivity contribution in [3.8, 4) is 0 Å². The second kappa shape index (κ2) is 7.13. The maximum atomic E-state index is 14.6. The van der Waals surface area contributed by atoms with E-state index in [1.807, 2.05) is 0 Å². The van der Waals surface area contributed by atoms with E-state index in [9.17, 15) is 22.4 Å². The average Bonchev–Trinajstić information content (AvgIpc) is 3.03. The van der Waals surface area contributed by atoms with Crippen molar-refractivity contribution >= 4 is 33.6 Å². The van der Waals surface area contributed by atoms with Gasteiger partial charge in [0.25, 0.3) is 21.8 Å². The number of rotatable bonds is 3. The number of para-hydroxylation sites is 1. The van der Waals surface area contributed by atoms with Crippen LogP contribution in [-0.4, -0.2) is 31.2 Å². The van der Waals surface area contributed by atoms with Crippen LogP contribution in [0.3, 0.4) is 0 Å². The van der Waals surface area contributed by atoms with Gasteiger partial charge >= 0.3 is 0 Å². The van der Waals surface area contributed by atoms with Gasteiger partial charge in [-0.15, -0.1) is 0 Å². The lowest BCUT2D eigenvalue weighted by Gasteiger charge is -2.36. The molecule has 5 rings (SSSR count). The zero-order valence-electron chi connectivity index (χ0n) is 16.9. The highest BCUT2D eigenvalue weighted by Gasteiger charge is 2.44. The largest absolute Gasteiger partial charge is 0.271 e. The maximum Gasteiger partial charge on any atom is 0.271 e. The van der Waals surface area contributed by atoms with Gasteiger partial charge in [0.2, 0.25) is 0 Å². The van der Waals surface area contributed by atoms with E-state index < -0.39 is 38.6 Å². The monoisotopic (exact) mass is 448 g/mol. The molecule has 0 saturated carbocycles. The first-order chi connectivity index (χ1) is 15.3. The molecule has 0 saturated heterocycles. The van der Waals surface area contributed by atoms with Crippen LogP contribution in [0.4, 0.5) is 10.1 Å². The van der Waals surface area contributed by atoms with Gasteiger partial charge in [0.05, 0.1) is 28.6 Å². The minimum absolute atomic E-state index is 0.163. The van der Waals surface area contributed by atoms with Crippen molar-refractivity contribution in [3.05, 3.63) is 101 Å². The Labute approximate surface area is 184 Å². The van der Waals surface area contributed by atoms with Gasteiger partial charge in [-0.25, -0.2) is 17.1 Å². The third-order valence-corrected chi connectivity index (χ3v) is 7.51. The lowest BCUT2D eigenvalue weighted by molar-refractivity contribution is 0.0618. The quantitative estimate of drug-likeness (QED) is 0.567. The smallest absolute Gasteiger partial charge is 0.269 e. The van der Waals surface area contributed by atoms with Gasteiger partial charge in [-0.1, -0.05) is 42.5 Å². The Kier molecular flexibility index (Phi) is 4.49. The van der Waals surface area contributed by atoms with Gasteiger partial charge in [-0.2, -0.15) is 0 Å². The van der Waals surface area contributed by atoms with E-state index >= 15 is 0 Å². The predicted molar refractivity (Wildman–Crippen MR) is 117 cm³/mol. The van der Waals surface area contributed by atoms with Crippen molar-refractivity contribution in [3.63, 3.8) is 0 Å². The molecule has 0 N–H and O–H groups in total. The van der Waals surface area contributed by atoms with Crippen LogP contribution in [0.1, 0.15) is 33.2 Å². The summed E-state index contributed by atoms with van der Waals surface area (Å²) in [4.78, 5) is 26.7. The average molecular weight is 448 g/mol. The normalized spacial score (nSPS) is 17.6. The molecular weight excluding hydrogens is 431 g/mol. The molecule has 3 aromatic rings. The molecule has 0 fully saturated rings. The molecule has 3 aromatic carbocycles. The van der Waals surface area contributed by atoms with Gasteiger partial charge in [0, 0.05) is 0 Å². The van der Waals surface area contributed by atoms with Gasteiger partial charge < -0.3 is 0 Å². The predicted octanol–water partition coefficient (Wildman–Crippen LogP) is 4.06. The molecule has 0 aromatic heterocycles. The van der Waals surface area contributed by atoms with Crippen LogP contribution >= 0.6 is 0 Å². The Bertz CT molecular complexity index is 1380. The zero-order valence-corrected chi connectivity index (χ0v) is 17.7. The Hall–Kier alpha value is -3.78. The molecule has 2 amide bonds. The number of anilines is 1. The number of hydrogen-bond donors (Lipinski definition) is 0. The number of amides is 2. The summed E-state index contributed by atoms with van der Waals surface area (Å²) in [6, 6.07) is 17.7. The number of imide groups is 1. The third kappa shape index (κ3) is 2.80. The van der Waals surface area contributed by atoms with Crippen molar-refractivity contribution in [1.29, 1.82) is 0 Å². The van der Waals surface area contributed by atoms with Gasteiger partial charge in [0.15, 0.2) is 0 Å². The molecule has 0 bridgehead atoms. The number of nitrogens with zero attached hydrogens (tertiary/aromatic N) is 2. The second-order valence-corrected chi connectivity index (χ2v) is 9.26. The molecule has 0 aliphatic carbocycles. The van der Waals surface area contributed by atoms with E-state index in [1.54, 1.807) is 61.5 Å². The molecule has 2 aliphatic heterocycles. The highest BCUT2D eigenvalue weighted by atomic mass is 32.2. The zero-order chi connectivity index (χ0) is 22.6. The van der Waals surface area contributed by atoms with Crippen molar-refractivity contribution in [2.45, 2.75) is 17.9 Å². The highest BCUT2D eigenvalue weighted by molar-refractivity contribution is 7.93. The molecule has 6 nitrogen and oxygen atoms in total. The fraction of sp³-hybridized carbons (Fsp3) is 0.0833. The first-order valence-corrected chi connectivity index (χ1v) is 11.3. The summed E-state index contributed by atoms with van der Waals surface area (Å²) in [5, 5.41) is 0. The van der Waals surface area contributed by atoms with Gasteiger partial charge in [-0.3, -0.25) is 14.5 Å². The molecule has 32 heavy (non-hydrogen) atoms. The molecule has 2 heterocycles. The van der Waals surface area contributed by atoms with E-state index in [4.69, 9.17) is 0 Å². The van der Waals surface area contributed by atoms with Crippen LogP contribution in [0.2, 0.25) is 0 Å². The summed E-state index contributed by atoms with van der Waals surface area (Å²) in [7, 11) is -4.35. The van der Waals surface area contributed by atoms with Crippen molar-refractivity contribution < 1.29 is 22.4 Å². The summed E-state index contributed by atoms with van der Waals surface area (Å²) in [6.07, 6.45) is 1.51. The topological polar surface area (TPSA) is 74.8 Å². The van der Waals surface area contributed by atoms with Gasteiger partial charge in [-0.05, 0) is 48.9 Å². The van der Waals surface area contributed by atoms with E-state index in [0.29, 0.717) is 0 Å². The molecular formula is C24H17FN2O4S. The molecule has 8 heteroatoms. The SMILES string of the molecule is C[C@@H](C1=Cc2cccc(F)c2S(=O)(=O)N1c1ccccc1)N1C(=O)c2ccccc2C1=O. The third-order valence-electron chi connectivity index (χ3n) is 5.67. The van der Waals surface area contributed by atoms with Crippen LogP contribution in [0.15, 0.2) is 83.4 Å².